The molecule has 9 heteroatoms. The highest BCUT2D eigenvalue weighted by Crippen LogP contribution is 2.47. The Balaban J connectivity index is 1.66. The molecule has 0 aliphatic carbocycles. The molecular formula is C19H25N5O3S. The Labute approximate surface area is 165 Å². The molecule has 4 rings (SSSR count). The molecule has 0 bridgehead atoms. The average molecular weight is 404 g/mol. The van der Waals surface area contributed by atoms with Crippen LogP contribution in [0.15, 0.2) is 42.6 Å². The Bertz CT molecular complexity index is 938. The minimum absolute atomic E-state index is 0.173. The zero-order valence-electron chi connectivity index (χ0n) is 16.3. The lowest BCUT2D eigenvalue weighted by molar-refractivity contribution is 0.327. The second-order valence-corrected chi connectivity index (χ2v) is 9.54. The Hall–Kier alpha value is -2.23. The van der Waals surface area contributed by atoms with E-state index in [0.717, 1.165) is 12.1 Å². The number of fused-ring (bicyclic) bond motifs is 1. The first-order valence-corrected chi connectivity index (χ1v) is 10.7. The number of ether oxygens (including phenoxy) is 1. The van der Waals surface area contributed by atoms with Gasteiger partial charge in [-0.15, -0.1) is 0 Å². The summed E-state index contributed by atoms with van der Waals surface area (Å²) >= 11 is 0. The van der Waals surface area contributed by atoms with Crippen LogP contribution in [0.5, 0.6) is 5.88 Å². The summed E-state index contributed by atoms with van der Waals surface area (Å²) in [7, 11) is 1.24. The third kappa shape index (κ3) is 3.23. The van der Waals surface area contributed by atoms with E-state index in [1.165, 1.54) is 4.31 Å². The quantitative estimate of drug-likeness (QED) is 0.751. The summed E-state index contributed by atoms with van der Waals surface area (Å²) in [5.74, 6) is 1.54. The van der Waals surface area contributed by atoms with Crippen molar-refractivity contribution in [2.24, 2.45) is 11.8 Å². The third-order valence-electron chi connectivity index (χ3n) is 5.63. The molecule has 8 nitrogen and oxygen atoms in total. The van der Waals surface area contributed by atoms with Gasteiger partial charge in [0.2, 0.25) is 11.8 Å². The molecule has 2 aliphatic rings. The van der Waals surface area contributed by atoms with Gasteiger partial charge in [-0.25, -0.2) is 4.98 Å². The predicted molar refractivity (Wildman–Crippen MR) is 106 cm³/mol. The van der Waals surface area contributed by atoms with E-state index in [1.54, 1.807) is 37.8 Å². The van der Waals surface area contributed by atoms with E-state index in [0.29, 0.717) is 24.9 Å². The highest BCUT2D eigenvalue weighted by Gasteiger charge is 2.52. The van der Waals surface area contributed by atoms with Crippen LogP contribution in [0.4, 0.5) is 5.95 Å². The van der Waals surface area contributed by atoms with Crippen molar-refractivity contribution in [3.05, 3.63) is 48.2 Å². The summed E-state index contributed by atoms with van der Waals surface area (Å²) < 4.78 is 34.1. The van der Waals surface area contributed by atoms with Gasteiger partial charge in [0.15, 0.2) is 0 Å². The summed E-state index contributed by atoms with van der Waals surface area (Å²) in [5, 5.41) is 0. The summed E-state index contributed by atoms with van der Waals surface area (Å²) in [6.07, 6.45) is 1.69. The third-order valence-corrected chi connectivity index (χ3v) is 7.52. The summed E-state index contributed by atoms with van der Waals surface area (Å²) in [6, 6.07) is 11.4. The van der Waals surface area contributed by atoms with Gasteiger partial charge in [-0.2, -0.15) is 22.0 Å². The zero-order valence-corrected chi connectivity index (χ0v) is 17.1. The zero-order chi connectivity index (χ0) is 19.9. The number of benzene rings is 1. The van der Waals surface area contributed by atoms with Crippen LogP contribution in [0, 0.1) is 11.8 Å². The van der Waals surface area contributed by atoms with Crippen LogP contribution in [0.1, 0.15) is 11.6 Å². The smallest absolute Gasteiger partial charge is 0.282 e. The van der Waals surface area contributed by atoms with Crippen molar-refractivity contribution in [1.82, 2.24) is 18.6 Å². The van der Waals surface area contributed by atoms with Crippen LogP contribution in [0.25, 0.3) is 0 Å². The Kier molecular flexibility index (Phi) is 4.98. The van der Waals surface area contributed by atoms with Crippen molar-refractivity contribution in [2.75, 3.05) is 45.7 Å². The molecule has 0 radical (unpaired) electrons. The van der Waals surface area contributed by atoms with Crippen LogP contribution in [-0.4, -0.2) is 67.8 Å². The topological polar surface area (TPSA) is 78.9 Å². The first-order chi connectivity index (χ1) is 13.4. The maximum absolute atomic E-state index is 13.0. The fourth-order valence-corrected chi connectivity index (χ4v) is 5.64. The van der Waals surface area contributed by atoms with Crippen LogP contribution >= 0.6 is 0 Å². The van der Waals surface area contributed by atoms with Crippen molar-refractivity contribution in [3.63, 3.8) is 0 Å². The van der Waals surface area contributed by atoms with E-state index in [1.807, 2.05) is 30.3 Å². The second kappa shape index (κ2) is 7.31. The molecule has 0 spiro atoms. The molecule has 0 unspecified atom stereocenters. The molecule has 2 aliphatic heterocycles. The van der Waals surface area contributed by atoms with Gasteiger partial charge in [0.1, 0.15) is 0 Å². The molecule has 2 aromatic rings. The van der Waals surface area contributed by atoms with E-state index in [2.05, 4.69) is 14.9 Å². The maximum atomic E-state index is 13.0. The first kappa shape index (κ1) is 19.1. The van der Waals surface area contributed by atoms with Gasteiger partial charge in [0.05, 0.1) is 13.2 Å². The largest absolute Gasteiger partial charge is 0.481 e. The SMILES string of the molecule is COc1ccnc(N2C[C@H]3CN(S(=O)(=O)N(C)C)[C@H](c4ccccc4)[C@H]3C2)n1. The molecule has 0 amide bonds. The second-order valence-electron chi connectivity index (χ2n) is 7.44. The molecule has 2 saturated heterocycles. The van der Waals surface area contributed by atoms with Crippen LogP contribution < -0.4 is 9.64 Å². The van der Waals surface area contributed by atoms with Crippen molar-refractivity contribution < 1.29 is 13.2 Å². The molecule has 2 fully saturated rings. The Morgan fingerprint density at radius 1 is 1.11 bits per heavy atom. The minimum atomic E-state index is -3.51. The van der Waals surface area contributed by atoms with Gasteiger partial charge in [-0.05, 0) is 11.5 Å². The summed E-state index contributed by atoms with van der Waals surface area (Å²) in [6.45, 7) is 1.92. The lowest BCUT2D eigenvalue weighted by Crippen LogP contribution is -2.42. The van der Waals surface area contributed by atoms with Crippen molar-refractivity contribution >= 4 is 16.2 Å². The summed E-state index contributed by atoms with van der Waals surface area (Å²) in [4.78, 5) is 11.0. The lowest BCUT2D eigenvalue weighted by Gasteiger charge is -2.31. The summed E-state index contributed by atoms with van der Waals surface area (Å²) in [5.41, 5.74) is 1.02. The molecular weight excluding hydrogens is 378 g/mol. The maximum Gasteiger partial charge on any atom is 0.282 e. The van der Waals surface area contributed by atoms with E-state index >= 15 is 0 Å². The lowest BCUT2D eigenvalue weighted by atomic mass is 9.90. The fourth-order valence-electron chi connectivity index (χ4n) is 4.28. The number of hydrogen-bond donors (Lipinski definition) is 0. The standard InChI is InChI=1S/C19H25N5O3S/c1-22(2)28(25,26)24-12-15-11-23(19-20-10-9-17(21-19)27-3)13-16(15)18(24)14-7-5-4-6-8-14/h4-10,15-16,18H,11-13H2,1-3H3/t15-,16-,18+/m0/s1. The van der Waals surface area contributed by atoms with Gasteiger partial charge in [-0.3, -0.25) is 0 Å². The predicted octanol–water partition coefficient (Wildman–Crippen LogP) is 1.40. The Morgan fingerprint density at radius 3 is 2.54 bits per heavy atom. The number of rotatable bonds is 5. The minimum Gasteiger partial charge on any atom is -0.481 e. The van der Waals surface area contributed by atoms with Crippen LogP contribution in [0.3, 0.4) is 0 Å². The molecule has 0 saturated carbocycles. The molecule has 3 heterocycles. The normalized spacial score (nSPS) is 25.3. The monoisotopic (exact) mass is 403 g/mol. The van der Waals surface area contributed by atoms with Gasteiger partial charge in [-0.1, -0.05) is 30.3 Å². The van der Waals surface area contributed by atoms with Crippen LogP contribution in [-0.2, 0) is 10.2 Å². The number of anilines is 1. The van der Waals surface area contributed by atoms with Crippen molar-refractivity contribution in [1.29, 1.82) is 0 Å². The van der Waals surface area contributed by atoms with Gasteiger partial charge < -0.3 is 9.64 Å². The highest BCUT2D eigenvalue weighted by molar-refractivity contribution is 7.86. The molecule has 150 valence electrons. The van der Waals surface area contributed by atoms with Gasteiger partial charge in [0.25, 0.3) is 10.2 Å². The number of aromatic nitrogens is 2. The molecule has 0 N–H and O–H groups in total. The fraction of sp³-hybridized carbons (Fsp3) is 0.474. The molecule has 1 aromatic heterocycles. The van der Waals surface area contributed by atoms with E-state index in [-0.39, 0.29) is 17.9 Å². The highest BCUT2D eigenvalue weighted by atomic mass is 32.2. The van der Waals surface area contributed by atoms with Crippen LogP contribution in [0.2, 0.25) is 0 Å². The number of nitrogens with zero attached hydrogens (tertiary/aromatic N) is 5. The van der Waals surface area contributed by atoms with Crippen molar-refractivity contribution in [2.45, 2.75) is 6.04 Å². The van der Waals surface area contributed by atoms with E-state index in [4.69, 9.17) is 4.74 Å². The number of hydrogen-bond acceptors (Lipinski definition) is 6. The van der Waals surface area contributed by atoms with Gasteiger partial charge in [0, 0.05) is 51.9 Å². The van der Waals surface area contributed by atoms with E-state index in [9.17, 15) is 8.42 Å². The first-order valence-electron chi connectivity index (χ1n) is 9.28. The Morgan fingerprint density at radius 2 is 1.86 bits per heavy atom. The van der Waals surface area contributed by atoms with E-state index < -0.39 is 10.2 Å². The van der Waals surface area contributed by atoms with Gasteiger partial charge >= 0.3 is 0 Å². The molecule has 28 heavy (non-hydrogen) atoms. The molecule has 3 atom stereocenters. The van der Waals surface area contributed by atoms with Crippen molar-refractivity contribution in [3.8, 4) is 5.88 Å². The number of methoxy groups -OCH3 is 1. The molecule has 1 aromatic carbocycles. The average Bonchev–Trinajstić information content (AvgIpc) is 3.27.